The molecule has 1 aliphatic rings. The van der Waals surface area contributed by atoms with E-state index < -0.39 is 6.04 Å². The molecular weight excluding hydrogens is 342 g/mol. The number of methoxy groups -OCH3 is 1. The van der Waals surface area contributed by atoms with Crippen molar-refractivity contribution in [2.75, 3.05) is 26.7 Å². The van der Waals surface area contributed by atoms with Crippen molar-refractivity contribution < 1.29 is 14.3 Å². The molecule has 140 valence electrons. The normalized spacial score (nSPS) is 18.3. The number of amides is 2. The predicted molar refractivity (Wildman–Crippen MR) is 100 cm³/mol. The molecular formula is C18H28ClN3O3. The Labute approximate surface area is 155 Å². The van der Waals surface area contributed by atoms with E-state index in [0.29, 0.717) is 24.4 Å². The summed E-state index contributed by atoms with van der Waals surface area (Å²) in [6.45, 7) is 8.03. The Morgan fingerprint density at radius 1 is 1.32 bits per heavy atom. The molecule has 0 aliphatic carbocycles. The fraction of sp³-hybridized carbons (Fsp3) is 0.556. The number of halogens is 1. The van der Waals surface area contributed by atoms with Crippen LogP contribution in [0.15, 0.2) is 24.3 Å². The van der Waals surface area contributed by atoms with E-state index in [1.807, 2.05) is 24.8 Å². The van der Waals surface area contributed by atoms with Crippen LogP contribution < -0.4 is 15.4 Å². The summed E-state index contributed by atoms with van der Waals surface area (Å²) in [5.74, 6) is 0.186. The van der Waals surface area contributed by atoms with Gasteiger partial charge in [0.1, 0.15) is 11.8 Å². The second kappa shape index (κ2) is 9.63. The zero-order valence-electron chi connectivity index (χ0n) is 15.2. The molecule has 1 aromatic carbocycles. The van der Waals surface area contributed by atoms with E-state index in [1.54, 1.807) is 18.2 Å². The lowest BCUT2D eigenvalue weighted by molar-refractivity contribution is -0.135. The number of hydrogen-bond acceptors (Lipinski definition) is 4. The number of hydrogen-bond donors (Lipinski definition) is 2. The minimum Gasteiger partial charge on any atom is -0.496 e. The topological polar surface area (TPSA) is 70.7 Å². The van der Waals surface area contributed by atoms with Crippen LogP contribution in [-0.4, -0.2) is 55.5 Å². The molecule has 25 heavy (non-hydrogen) atoms. The van der Waals surface area contributed by atoms with Gasteiger partial charge in [-0.2, -0.15) is 0 Å². The number of ether oxygens (including phenoxy) is 1. The predicted octanol–water partition coefficient (Wildman–Crippen LogP) is 1.69. The minimum absolute atomic E-state index is 0. The van der Waals surface area contributed by atoms with Crippen LogP contribution in [0.4, 0.5) is 0 Å². The quantitative estimate of drug-likeness (QED) is 0.828. The van der Waals surface area contributed by atoms with E-state index >= 15 is 0 Å². The molecule has 2 atom stereocenters. The highest BCUT2D eigenvalue weighted by Gasteiger charge is 2.31. The standard InChI is InChI=1S/C18H27N3O3.ClH/c1-12(2)16(18(23)21-10-9-19-13(3)11-21)20-17(22)14-7-5-6-8-15(14)24-4;/h5-8,12-13,16,19H,9-11H2,1-4H3,(H,20,22);1H. The monoisotopic (exact) mass is 369 g/mol. The van der Waals surface area contributed by atoms with Crippen LogP contribution in [0.1, 0.15) is 31.1 Å². The molecule has 0 bridgehead atoms. The summed E-state index contributed by atoms with van der Waals surface area (Å²) >= 11 is 0. The van der Waals surface area contributed by atoms with Crippen molar-refractivity contribution in [3.63, 3.8) is 0 Å². The number of carbonyl (C=O) groups excluding carboxylic acids is 2. The lowest BCUT2D eigenvalue weighted by Crippen LogP contribution is -2.57. The Morgan fingerprint density at radius 2 is 2.00 bits per heavy atom. The Bertz CT molecular complexity index is 595. The first-order chi connectivity index (χ1) is 11.4. The van der Waals surface area contributed by atoms with E-state index in [9.17, 15) is 9.59 Å². The molecule has 1 aliphatic heterocycles. The number of nitrogens with one attached hydrogen (secondary N) is 2. The number of para-hydroxylation sites is 1. The molecule has 0 spiro atoms. The lowest BCUT2D eigenvalue weighted by atomic mass is 10.0. The molecule has 0 aromatic heterocycles. The summed E-state index contributed by atoms with van der Waals surface area (Å²) in [5.41, 5.74) is 0.437. The molecule has 6 nitrogen and oxygen atoms in total. The van der Waals surface area contributed by atoms with Gasteiger partial charge in [-0.25, -0.2) is 0 Å². The summed E-state index contributed by atoms with van der Waals surface area (Å²) in [6, 6.07) is 6.74. The van der Waals surface area contributed by atoms with Gasteiger partial charge in [-0.1, -0.05) is 26.0 Å². The van der Waals surface area contributed by atoms with Crippen LogP contribution in [0.3, 0.4) is 0 Å². The average Bonchev–Trinajstić information content (AvgIpc) is 2.58. The van der Waals surface area contributed by atoms with Gasteiger partial charge in [-0.3, -0.25) is 9.59 Å². The first-order valence-corrected chi connectivity index (χ1v) is 8.40. The van der Waals surface area contributed by atoms with Gasteiger partial charge in [0.15, 0.2) is 0 Å². The molecule has 2 amide bonds. The maximum Gasteiger partial charge on any atom is 0.255 e. The fourth-order valence-corrected chi connectivity index (χ4v) is 2.89. The second-order valence-electron chi connectivity index (χ2n) is 6.53. The number of rotatable bonds is 5. The third-order valence-corrected chi connectivity index (χ3v) is 4.25. The highest BCUT2D eigenvalue weighted by Crippen LogP contribution is 2.18. The van der Waals surface area contributed by atoms with Crippen molar-refractivity contribution in [1.29, 1.82) is 0 Å². The third kappa shape index (κ3) is 5.34. The molecule has 7 heteroatoms. The van der Waals surface area contributed by atoms with E-state index in [4.69, 9.17) is 4.74 Å². The Balaban J connectivity index is 0.00000312. The smallest absolute Gasteiger partial charge is 0.255 e. The lowest BCUT2D eigenvalue weighted by Gasteiger charge is -2.35. The van der Waals surface area contributed by atoms with Gasteiger partial charge < -0.3 is 20.3 Å². The van der Waals surface area contributed by atoms with Gasteiger partial charge in [-0.15, -0.1) is 12.4 Å². The first kappa shape index (κ1) is 21.3. The third-order valence-electron chi connectivity index (χ3n) is 4.25. The maximum atomic E-state index is 12.9. The van der Waals surface area contributed by atoms with Crippen LogP contribution >= 0.6 is 12.4 Å². The van der Waals surface area contributed by atoms with Crippen LogP contribution in [0, 0.1) is 5.92 Å². The van der Waals surface area contributed by atoms with Crippen molar-refractivity contribution in [1.82, 2.24) is 15.5 Å². The van der Waals surface area contributed by atoms with Crippen molar-refractivity contribution in [2.24, 2.45) is 5.92 Å². The van der Waals surface area contributed by atoms with E-state index in [-0.39, 0.29) is 36.2 Å². The highest BCUT2D eigenvalue weighted by molar-refractivity contribution is 5.99. The van der Waals surface area contributed by atoms with Crippen molar-refractivity contribution in [3.8, 4) is 5.75 Å². The van der Waals surface area contributed by atoms with Gasteiger partial charge >= 0.3 is 0 Å². The van der Waals surface area contributed by atoms with Gasteiger partial charge in [-0.05, 0) is 25.0 Å². The van der Waals surface area contributed by atoms with Crippen molar-refractivity contribution in [3.05, 3.63) is 29.8 Å². The first-order valence-electron chi connectivity index (χ1n) is 8.40. The SMILES string of the molecule is COc1ccccc1C(=O)NC(C(=O)N1CCNC(C)C1)C(C)C.Cl. The van der Waals surface area contributed by atoms with Gasteiger partial charge in [0.05, 0.1) is 12.7 Å². The fourth-order valence-electron chi connectivity index (χ4n) is 2.89. The molecule has 1 heterocycles. The van der Waals surface area contributed by atoms with E-state index in [1.165, 1.54) is 7.11 Å². The van der Waals surface area contributed by atoms with Crippen LogP contribution in [0.25, 0.3) is 0 Å². The van der Waals surface area contributed by atoms with Crippen LogP contribution in [0.5, 0.6) is 5.75 Å². The van der Waals surface area contributed by atoms with E-state index in [2.05, 4.69) is 17.6 Å². The Morgan fingerprint density at radius 3 is 2.60 bits per heavy atom. The van der Waals surface area contributed by atoms with Gasteiger partial charge in [0.2, 0.25) is 5.91 Å². The summed E-state index contributed by atoms with van der Waals surface area (Å²) in [6.07, 6.45) is 0. The maximum absolute atomic E-state index is 12.9. The zero-order chi connectivity index (χ0) is 17.7. The molecule has 0 saturated carbocycles. The summed E-state index contributed by atoms with van der Waals surface area (Å²) < 4.78 is 5.23. The zero-order valence-corrected chi connectivity index (χ0v) is 16.1. The van der Waals surface area contributed by atoms with Gasteiger partial charge in [0.25, 0.3) is 5.91 Å². The summed E-state index contributed by atoms with van der Waals surface area (Å²) in [4.78, 5) is 27.3. The number of nitrogens with zero attached hydrogens (tertiary/aromatic N) is 1. The molecule has 2 rings (SSSR count). The Kier molecular flexibility index (Phi) is 8.19. The Hall–Kier alpha value is -1.79. The summed E-state index contributed by atoms with van der Waals surface area (Å²) in [5, 5.41) is 6.21. The number of carbonyl (C=O) groups is 2. The second-order valence-corrected chi connectivity index (χ2v) is 6.53. The molecule has 2 N–H and O–H groups in total. The largest absolute Gasteiger partial charge is 0.496 e. The van der Waals surface area contributed by atoms with Gasteiger partial charge in [0, 0.05) is 25.7 Å². The summed E-state index contributed by atoms with van der Waals surface area (Å²) in [7, 11) is 1.53. The highest BCUT2D eigenvalue weighted by atomic mass is 35.5. The molecule has 0 radical (unpaired) electrons. The number of benzene rings is 1. The van der Waals surface area contributed by atoms with Crippen molar-refractivity contribution >= 4 is 24.2 Å². The van der Waals surface area contributed by atoms with Crippen LogP contribution in [-0.2, 0) is 4.79 Å². The van der Waals surface area contributed by atoms with Crippen LogP contribution in [0.2, 0.25) is 0 Å². The minimum atomic E-state index is -0.548. The molecule has 1 fully saturated rings. The average molecular weight is 370 g/mol. The molecule has 2 unspecified atom stereocenters. The molecule has 1 saturated heterocycles. The van der Waals surface area contributed by atoms with Crippen molar-refractivity contribution in [2.45, 2.75) is 32.9 Å². The van der Waals surface area contributed by atoms with E-state index in [0.717, 1.165) is 6.54 Å². The molecule has 1 aromatic rings. The number of piperazine rings is 1.